The summed E-state index contributed by atoms with van der Waals surface area (Å²) in [4.78, 5) is 18.4. The van der Waals surface area contributed by atoms with Crippen molar-refractivity contribution in [3.05, 3.63) is 23.9 Å². The summed E-state index contributed by atoms with van der Waals surface area (Å²) in [6.45, 7) is 9.01. The van der Waals surface area contributed by atoms with Crippen LogP contribution in [0.2, 0.25) is 0 Å². The molecule has 0 aromatic carbocycles. The van der Waals surface area contributed by atoms with Gasteiger partial charge < -0.3 is 15.0 Å². The van der Waals surface area contributed by atoms with Crippen LogP contribution in [-0.2, 0) is 6.54 Å². The van der Waals surface area contributed by atoms with Crippen molar-refractivity contribution in [2.75, 3.05) is 19.7 Å². The highest BCUT2D eigenvalue weighted by Crippen LogP contribution is 2.21. The molecule has 5 heteroatoms. The van der Waals surface area contributed by atoms with Crippen molar-refractivity contribution in [3.8, 4) is 5.88 Å². The fourth-order valence-electron chi connectivity index (χ4n) is 2.94. The molecule has 0 saturated carbocycles. The average molecular weight is 291 g/mol. The Morgan fingerprint density at radius 1 is 1.43 bits per heavy atom. The van der Waals surface area contributed by atoms with Crippen LogP contribution in [0.3, 0.4) is 0 Å². The number of hydrogen-bond acceptors (Lipinski definition) is 3. The molecule has 1 aromatic heterocycles. The number of likely N-dealkylation sites (tertiary alicyclic amines) is 1. The molecule has 0 bridgehead atoms. The highest BCUT2D eigenvalue weighted by atomic mass is 16.5. The molecule has 1 aliphatic rings. The first-order chi connectivity index (χ1) is 10.1. The number of urea groups is 1. The van der Waals surface area contributed by atoms with Crippen molar-refractivity contribution in [3.63, 3.8) is 0 Å². The highest BCUT2D eigenvalue weighted by Gasteiger charge is 2.25. The van der Waals surface area contributed by atoms with Gasteiger partial charge in [0.15, 0.2) is 0 Å². The predicted molar refractivity (Wildman–Crippen MR) is 82.2 cm³/mol. The summed E-state index contributed by atoms with van der Waals surface area (Å²) in [6.07, 6.45) is 2.89. The van der Waals surface area contributed by atoms with Crippen LogP contribution in [-0.4, -0.2) is 35.6 Å². The molecule has 1 fully saturated rings. The van der Waals surface area contributed by atoms with E-state index >= 15 is 0 Å². The molecule has 0 aliphatic carbocycles. The number of nitrogens with zero attached hydrogens (tertiary/aromatic N) is 2. The van der Waals surface area contributed by atoms with E-state index < -0.39 is 0 Å². The van der Waals surface area contributed by atoms with Gasteiger partial charge in [0, 0.05) is 31.4 Å². The number of ether oxygens (including phenoxy) is 1. The van der Waals surface area contributed by atoms with Crippen LogP contribution >= 0.6 is 0 Å². The lowest BCUT2D eigenvalue weighted by Crippen LogP contribution is -2.47. The Morgan fingerprint density at radius 3 is 2.81 bits per heavy atom. The third-order valence-corrected chi connectivity index (χ3v) is 3.72. The fourth-order valence-corrected chi connectivity index (χ4v) is 2.94. The van der Waals surface area contributed by atoms with Gasteiger partial charge in [-0.15, -0.1) is 0 Å². The van der Waals surface area contributed by atoms with Crippen LogP contribution in [0.4, 0.5) is 4.79 Å². The minimum absolute atomic E-state index is 0.000276. The Kier molecular flexibility index (Phi) is 5.42. The first kappa shape index (κ1) is 15.6. The molecule has 2 unspecified atom stereocenters. The predicted octanol–water partition coefficient (Wildman–Crippen LogP) is 2.67. The number of pyridine rings is 1. The zero-order chi connectivity index (χ0) is 15.2. The maximum Gasteiger partial charge on any atom is 0.317 e. The third-order valence-electron chi connectivity index (χ3n) is 3.72. The van der Waals surface area contributed by atoms with E-state index in [2.05, 4.69) is 24.1 Å². The van der Waals surface area contributed by atoms with Gasteiger partial charge in [0.25, 0.3) is 0 Å². The van der Waals surface area contributed by atoms with Crippen LogP contribution in [0.1, 0.15) is 32.8 Å². The minimum atomic E-state index is -0.000276. The Morgan fingerprint density at radius 2 is 2.14 bits per heavy atom. The summed E-state index contributed by atoms with van der Waals surface area (Å²) in [5.74, 6) is 1.73. The van der Waals surface area contributed by atoms with E-state index in [0.717, 1.165) is 18.7 Å². The Labute approximate surface area is 126 Å². The fraction of sp³-hybridized carbons (Fsp3) is 0.625. The first-order valence-electron chi connectivity index (χ1n) is 7.69. The van der Waals surface area contributed by atoms with Gasteiger partial charge in [0.05, 0.1) is 6.61 Å². The van der Waals surface area contributed by atoms with Gasteiger partial charge in [-0.05, 0) is 31.2 Å². The molecule has 1 aliphatic heterocycles. The van der Waals surface area contributed by atoms with E-state index in [4.69, 9.17) is 4.74 Å². The summed E-state index contributed by atoms with van der Waals surface area (Å²) >= 11 is 0. The molecule has 2 atom stereocenters. The summed E-state index contributed by atoms with van der Waals surface area (Å²) in [5.41, 5.74) is 0.908. The minimum Gasteiger partial charge on any atom is -0.478 e. The van der Waals surface area contributed by atoms with Crippen molar-refractivity contribution in [1.29, 1.82) is 0 Å². The standard InChI is InChI=1S/C16H25N3O2/c1-4-21-15-14(6-5-7-17-15)9-18-16(20)19-10-12(2)8-13(3)11-19/h5-7,12-13H,4,8-11H2,1-3H3,(H,18,20). The Hall–Kier alpha value is -1.78. The molecule has 1 saturated heterocycles. The molecule has 2 amide bonds. The summed E-state index contributed by atoms with van der Waals surface area (Å²) in [5, 5.41) is 2.98. The smallest absolute Gasteiger partial charge is 0.317 e. The number of carbonyl (C=O) groups excluding carboxylic acids is 1. The molecule has 0 radical (unpaired) electrons. The molecule has 2 rings (SSSR count). The van der Waals surface area contributed by atoms with Gasteiger partial charge in [0.1, 0.15) is 0 Å². The third kappa shape index (κ3) is 4.34. The van der Waals surface area contributed by atoms with Crippen molar-refractivity contribution >= 4 is 6.03 Å². The van der Waals surface area contributed by atoms with Crippen molar-refractivity contribution in [1.82, 2.24) is 15.2 Å². The molecular formula is C16H25N3O2. The van der Waals surface area contributed by atoms with Gasteiger partial charge >= 0.3 is 6.03 Å². The van der Waals surface area contributed by atoms with E-state index in [1.54, 1.807) is 6.20 Å². The first-order valence-corrected chi connectivity index (χ1v) is 7.69. The van der Waals surface area contributed by atoms with Crippen LogP contribution in [0.25, 0.3) is 0 Å². The van der Waals surface area contributed by atoms with Crippen molar-refractivity contribution < 1.29 is 9.53 Å². The van der Waals surface area contributed by atoms with Gasteiger partial charge in [-0.3, -0.25) is 0 Å². The second-order valence-corrected chi connectivity index (χ2v) is 5.91. The molecule has 1 N–H and O–H groups in total. The summed E-state index contributed by atoms with van der Waals surface area (Å²) in [7, 11) is 0. The molecular weight excluding hydrogens is 266 g/mol. The molecule has 0 spiro atoms. The zero-order valence-electron chi connectivity index (χ0n) is 13.1. The molecule has 21 heavy (non-hydrogen) atoms. The number of aromatic nitrogens is 1. The van der Waals surface area contributed by atoms with Crippen molar-refractivity contribution in [2.24, 2.45) is 11.8 Å². The number of carbonyl (C=O) groups is 1. The van der Waals surface area contributed by atoms with Gasteiger partial charge in [-0.25, -0.2) is 9.78 Å². The van der Waals surface area contributed by atoms with Gasteiger partial charge in [0.2, 0.25) is 5.88 Å². The maximum absolute atomic E-state index is 12.3. The molecule has 2 heterocycles. The molecule has 5 nitrogen and oxygen atoms in total. The van der Waals surface area contributed by atoms with Crippen LogP contribution in [0.5, 0.6) is 5.88 Å². The van der Waals surface area contributed by atoms with Crippen LogP contribution in [0, 0.1) is 11.8 Å². The SMILES string of the molecule is CCOc1ncccc1CNC(=O)N1CC(C)CC(C)C1. The number of amides is 2. The van der Waals surface area contributed by atoms with Crippen molar-refractivity contribution in [2.45, 2.75) is 33.7 Å². The number of hydrogen-bond donors (Lipinski definition) is 1. The van der Waals surface area contributed by atoms with Gasteiger partial charge in [-0.1, -0.05) is 19.9 Å². The number of nitrogens with one attached hydrogen (secondary N) is 1. The van der Waals surface area contributed by atoms with E-state index in [9.17, 15) is 4.79 Å². The Balaban J connectivity index is 1.92. The van der Waals surface area contributed by atoms with Gasteiger partial charge in [-0.2, -0.15) is 0 Å². The van der Waals surface area contributed by atoms with E-state index in [1.165, 1.54) is 6.42 Å². The lowest BCUT2D eigenvalue weighted by atomic mass is 9.92. The average Bonchev–Trinajstić information content (AvgIpc) is 2.45. The highest BCUT2D eigenvalue weighted by molar-refractivity contribution is 5.74. The van der Waals surface area contributed by atoms with Crippen LogP contribution in [0.15, 0.2) is 18.3 Å². The van der Waals surface area contributed by atoms with E-state index in [1.807, 2.05) is 24.0 Å². The normalized spacial score (nSPS) is 22.0. The Bertz CT molecular complexity index is 468. The topological polar surface area (TPSA) is 54.5 Å². The lowest BCUT2D eigenvalue weighted by Gasteiger charge is -2.34. The number of rotatable bonds is 4. The zero-order valence-corrected chi connectivity index (χ0v) is 13.1. The van der Waals surface area contributed by atoms with E-state index in [0.29, 0.717) is 30.9 Å². The second kappa shape index (κ2) is 7.29. The maximum atomic E-state index is 12.3. The largest absolute Gasteiger partial charge is 0.478 e. The number of piperidine rings is 1. The quantitative estimate of drug-likeness (QED) is 0.928. The lowest BCUT2D eigenvalue weighted by molar-refractivity contribution is 0.146. The van der Waals surface area contributed by atoms with Crippen LogP contribution < -0.4 is 10.1 Å². The molecule has 1 aromatic rings. The van der Waals surface area contributed by atoms with E-state index in [-0.39, 0.29) is 6.03 Å². The molecule has 116 valence electrons. The summed E-state index contributed by atoms with van der Waals surface area (Å²) < 4.78 is 5.47. The second-order valence-electron chi connectivity index (χ2n) is 5.91. The monoisotopic (exact) mass is 291 g/mol. The summed E-state index contributed by atoms with van der Waals surface area (Å²) in [6, 6.07) is 3.79.